The van der Waals surface area contributed by atoms with Crippen molar-refractivity contribution in [3.63, 3.8) is 0 Å². The van der Waals surface area contributed by atoms with Crippen LogP contribution < -0.4 is 5.73 Å². The lowest BCUT2D eigenvalue weighted by Crippen LogP contribution is -2.13. The van der Waals surface area contributed by atoms with Gasteiger partial charge < -0.3 is 10.5 Å². The van der Waals surface area contributed by atoms with E-state index in [1.54, 1.807) is 18.4 Å². The Morgan fingerprint density at radius 3 is 3.07 bits per heavy atom. The van der Waals surface area contributed by atoms with Crippen molar-refractivity contribution in [2.75, 3.05) is 13.7 Å². The second kappa shape index (κ2) is 6.93. The Hall–Kier alpha value is -0.450. The van der Waals surface area contributed by atoms with Gasteiger partial charge in [0.05, 0.1) is 16.7 Å². The van der Waals surface area contributed by atoms with Crippen molar-refractivity contribution in [2.24, 2.45) is 5.73 Å². The summed E-state index contributed by atoms with van der Waals surface area (Å²) in [6, 6.07) is 0.0246. The molecule has 0 radical (unpaired) electrons. The number of thiazole rings is 1. The van der Waals surface area contributed by atoms with Crippen molar-refractivity contribution in [3.05, 3.63) is 16.1 Å². The number of ether oxygens (including phenoxy) is 1. The fourth-order valence-electron chi connectivity index (χ4n) is 1.33. The lowest BCUT2D eigenvalue weighted by atomic mass is 10.2. The van der Waals surface area contributed by atoms with E-state index in [0.29, 0.717) is 6.61 Å². The highest BCUT2D eigenvalue weighted by atomic mass is 32.1. The molecule has 1 aromatic heterocycles. The van der Waals surface area contributed by atoms with E-state index in [1.165, 1.54) is 17.8 Å². The monoisotopic (exact) mass is 228 g/mol. The first-order chi connectivity index (χ1) is 7.27. The van der Waals surface area contributed by atoms with Crippen LogP contribution in [0.4, 0.5) is 0 Å². The Morgan fingerprint density at radius 2 is 2.40 bits per heavy atom. The Morgan fingerprint density at radius 1 is 1.60 bits per heavy atom. The standard InChI is InChI=1S/C11H20N2OS/c1-3-4-5-11-13-10(8-15-11)9(12)6-7-14-2/h8-9H,3-7,12H2,1-2H3. The summed E-state index contributed by atoms with van der Waals surface area (Å²) in [7, 11) is 1.69. The quantitative estimate of drug-likeness (QED) is 0.780. The number of unbranched alkanes of at least 4 members (excludes halogenated alkanes) is 1. The van der Waals surface area contributed by atoms with Crippen molar-refractivity contribution < 1.29 is 4.74 Å². The van der Waals surface area contributed by atoms with Crippen LogP contribution in [0.25, 0.3) is 0 Å². The zero-order valence-electron chi connectivity index (χ0n) is 9.53. The van der Waals surface area contributed by atoms with Gasteiger partial charge in [0.25, 0.3) is 0 Å². The lowest BCUT2D eigenvalue weighted by Gasteiger charge is -2.06. The molecule has 0 aliphatic carbocycles. The molecule has 0 aromatic carbocycles. The van der Waals surface area contributed by atoms with Gasteiger partial charge in [-0.05, 0) is 19.3 Å². The van der Waals surface area contributed by atoms with E-state index in [-0.39, 0.29) is 6.04 Å². The third-order valence-electron chi connectivity index (χ3n) is 2.33. The summed E-state index contributed by atoms with van der Waals surface area (Å²) in [6.45, 7) is 2.89. The summed E-state index contributed by atoms with van der Waals surface area (Å²) in [5.41, 5.74) is 7.00. The average molecular weight is 228 g/mol. The molecule has 0 spiro atoms. The zero-order chi connectivity index (χ0) is 11.1. The Bertz CT molecular complexity index is 275. The largest absolute Gasteiger partial charge is 0.385 e. The summed E-state index contributed by atoms with van der Waals surface area (Å²) in [4.78, 5) is 4.54. The predicted molar refractivity (Wildman–Crippen MR) is 64.1 cm³/mol. The second-order valence-electron chi connectivity index (χ2n) is 3.66. The van der Waals surface area contributed by atoms with Gasteiger partial charge in [-0.15, -0.1) is 11.3 Å². The van der Waals surface area contributed by atoms with Crippen LogP contribution in [0.3, 0.4) is 0 Å². The van der Waals surface area contributed by atoms with Crippen LogP contribution in [0.15, 0.2) is 5.38 Å². The number of nitrogens with zero attached hydrogens (tertiary/aromatic N) is 1. The third-order valence-corrected chi connectivity index (χ3v) is 3.25. The second-order valence-corrected chi connectivity index (χ2v) is 4.60. The van der Waals surface area contributed by atoms with Crippen LogP contribution in [-0.2, 0) is 11.2 Å². The van der Waals surface area contributed by atoms with Crippen LogP contribution in [0.2, 0.25) is 0 Å². The fraction of sp³-hybridized carbons (Fsp3) is 0.727. The number of methoxy groups -OCH3 is 1. The molecule has 0 saturated carbocycles. The molecule has 1 atom stereocenters. The molecule has 4 heteroatoms. The summed E-state index contributed by atoms with van der Waals surface area (Å²) in [5.74, 6) is 0. The molecule has 0 amide bonds. The molecule has 1 unspecified atom stereocenters. The normalized spacial score (nSPS) is 13.0. The van der Waals surface area contributed by atoms with Crippen LogP contribution in [-0.4, -0.2) is 18.7 Å². The summed E-state index contributed by atoms with van der Waals surface area (Å²) in [5, 5.41) is 3.28. The van der Waals surface area contributed by atoms with Gasteiger partial charge in [0.1, 0.15) is 0 Å². The van der Waals surface area contributed by atoms with Crippen LogP contribution >= 0.6 is 11.3 Å². The SMILES string of the molecule is CCCCc1nc(C(N)CCOC)cs1. The summed E-state index contributed by atoms with van der Waals surface area (Å²) < 4.78 is 5.00. The zero-order valence-corrected chi connectivity index (χ0v) is 10.3. The van der Waals surface area contributed by atoms with Gasteiger partial charge >= 0.3 is 0 Å². The summed E-state index contributed by atoms with van der Waals surface area (Å²) in [6.07, 6.45) is 4.34. The molecule has 0 aliphatic heterocycles. The van der Waals surface area contributed by atoms with Crippen molar-refractivity contribution >= 4 is 11.3 Å². The van der Waals surface area contributed by atoms with Crippen LogP contribution in [0, 0.1) is 0 Å². The maximum absolute atomic E-state index is 5.99. The van der Waals surface area contributed by atoms with Gasteiger partial charge in [0, 0.05) is 19.1 Å². The molecule has 86 valence electrons. The number of aromatic nitrogens is 1. The highest BCUT2D eigenvalue weighted by molar-refractivity contribution is 7.09. The van der Waals surface area contributed by atoms with Gasteiger partial charge in [-0.1, -0.05) is 13.3 Å². The number of hydrogen-bond donors (Lipinski definition) is 1. The molecule has 15 heavy (non-hydrogen) atoms. The Labute approximate surface area is 95.7 Å². The number of aryl methyl sites for hydroxylation is 1. The van der Waals surface area contributed by atoms with Crippen molar-refractivity contribution in [1.29, 1.82) is 0 Å². The lowest BCUT2D eigenvalue weighted by molar-refractivity contribution is 0.187. The number of rotatable bonds is 7. The maximum atomic E-state index is 5.99. The van der Waals surface area contributed by atoms with E-state index >= 15 is 0 Å². The molecular weight excluding hydrogens is 208 g/mol. The topological polar surface area (TPSA) is 48.1 Å². The van der Waals surface area contributed by atoms with Crippen LogP contribution in [0.5, 0.6) is 0 Å². The molecule has 1 heterocycles. The minimum Gasteiger partial charge on any atom is -0.385 e. The van der Waals surface area contributed by atoms with E-state index in [4.69, 9.17) is 10.5 Å². The number of hydrogen-bond acceptors (Lipinski definition) is 4. The minimum absolute atomic E-state index is 0.0246. The highest BCUT2D eigenvalue weighted by Gasteiger charge is 2.09. The van der Waals surface area contributed by atoms with Gasteiger partial charge in [-0.3, -0.25) is 0 Å². The van der Waals surface area contributed by atoms with E-state index in [0.717, 1.165) is 18.5 Å². The van der Waals surface area contributed by atoms with Crippen LogP contribution in [0.1, 0.15) is 42.9 Å². The Kier molecular flexibility index (Phi) is 5.83. The average Bonchev–Trinajstić information content (AvgIpc) is 2.71. The van der Waals surface area contributed by atoms with Gasteiger partial charge in [-0.2, -0.15) is 0 Å². The fourth-order valence-corrected chi connectivity index (χ4v) is 2.24. The van der Waals surface area contributed by atoms with Crippen molar-refractivity contribution in [2.45, 2.75) is 38.6 Å². The Balaban J connectivity index is 2.43. The number of nitrogens with two attached hydrogens (primary N) is 1. The van der Waals surface area contributed by atoms with E-state index < -0.39 is 0 Å². The van der Waals surface area contributed by atoms with E-state index in [2.05, 4.69) is 17.3 Å². The molecule has 1 aromatic rings. The molecule has 3 nitrogen and oxygen atoms in total. The van der Waals surface area contributed by atoms with E-state index in [9.17, 15) is 0 Å². The molecule has 0 saturated heterocycles. The molecule has 0 fully saturated rings. The smallest absolute Gasteiger partial charge is 0.0928 e. The van der Waals surface area contributed by atoms with Gasteiger partial charge in [-0.25, -0.2) is 4.98 Å². The maximum Gasteiger partial charge on any atom is 0.0928 e. The first kappa shape index (κ1) is 12.6. The van der Waals surface area contributed by atoms with E-state index in [1.807, 2.05) is 0 Å². The van der Waals surface area contributed by atoms with Gasteiger partial charge in [0.15, 0.2) is 0 Å². The van der Waals surface area contributed by atoms with Gasteiger partial charge in [0.2, 0.25) is 0 Å². The third kappa shape index (κ3) is 4.28. The van der Waals surface area contributed by atoms with Crippen molar-refractivity contribution in [1.82, 2.24) is 4.98 Å². The molecular formula is C11H20N2OS. The molecule has 1 rings (SSSR count). The predicted octanol–water partition coefficient (Wildman–Crippen LogP) is 2.52. The first-order valence-electron chi connectivity index (χ1n) is 5.46. The molecule has 0 bridgehead atoms. The molecule has 2 N–H and O–H groups in total. The minimum atomic E-state index is 0.0246. The van der Waals surface area contributed by atoms with Crippen molar-refractivity contribution in [3.8, 4) is 0 Å². The molecule has 0 aliphatic rings. The summed E-state index contributed by atoms with van der Waals surface area (Å²) >= 11 is 1.72. The first-order valence-corrected chi connectivity index (χ1v) is 6.34. The highest BCUT2D eigenvalue weighted by Crippen LogP contribution is 2.18.